The van der Waals surface area contributed by atoms with Gasteiger partial charge in [-0.05, 0) is 34.8 Å². The normalized spacial score (nSPS) is 19.2. The van der Waals surface area contributed by atoms with Crippen LogP contribution in [0.4, 0.5) is 13.2 Å². The lowest BCUT2D eigenvalue weighted by molar-refractivity contribution is -0.136. The summed E-state index contributed by atoms with van der Waals surface area (Å²) in [5.74, 6) is 0. The molecular formula is C25H22F3NO2S. The molecule has 3 nitrogen and oxygen atoms in total. The second-order valence-corrected chi connectivity index (χ2v) is 10.2. The summed E-state index contributed by atoms with van der Waals surface area (Å²) in [6.45, 7) is 1.84. The van der Waals surface area contributed by atoms with Crippen molar-refractivity contribution in [1.29, 1.82) is 0 Å². The molecule has 3 aromatic rings. The number of nitrogens with zero attached hydrogens (tertiary/aromatic N) is 1. The number of allylic oxidation sites excluding steroid dienone is 3. The lowest BCUT2D eigenvalue weighted by atomic mass is 9.80. The lowest BCUT2D eigenvalue weighted by Gasteiger charge is -2.35. The number of aromatic nitrogens is 1. The Kier molecular flexibility index (Phi) is 5.49. The first-order valence-electron chi connectivity index (χ1n) is 10.2. The average molecular weight is 458 g/mol. The predicted molar refractivity (Wildman–Crippen MR) is 121 cm³/mol. The van der Waals surface area contributed by atoms with Gasteiger partial charge in [0.05, 0.1) is 11.1 Å². The van der Waals surface area contributed by atoms with Crippen molar-refractivity contribution in [3.05, 3.63) is 95.2 Å². The molecule has 1 aliphatic rings. The van der Waals surface area contributed by atoms with Crippen LogP contribution in [0.1, 0.15) is 35.6 Å². The first-order valence-corrected chi connectivity index (χ1v) is 12.1. The topological polar surface area (TPSA) is 47.0 Å². The Balaban J connectivity index is 2.06. The molecule has 0 fully saturated rings. The zero-order valence-electron chi connectivity index (χ0n) is 17.6. The lowest BCUT2D eigenvalue weighted by Crippen LogP contribution is -2.36. The van der Waals surface area contributed by atoms with Crippen molar-refractivity contribution >= 4 is 26.3 Å². The molecule has 166 valence electrons. The number of sulfone groups is 1. The molecule has 32 heavy (non-hydrogen) atoms. The maximum Gasteiger partial charge on any atom is 0.418 e. The standard InChI is InChI=1S/C25H22F3NO2S/c1-3-17-16-29-23-20(12-7-13-21(23)25(26,27)28)22(17)24(32(2,30)31)14-8-11-19(15-24)18-9-5-4-6-10-18/h4-14,16H,3,15H2,1-2H3. The van der Waals surface area contributed by atoms with E-state index in [2.05, 4.69) is 4.98 Å². The van der Waals surface area contributed by atoms with Crippen molar-refractivity contribution in [2.45, 2.75) is 30.7 Å². The van der Waals surface area contributed by atoms with Crippen LogP contribution in [-0.2, 0) is 27.2 Å². The summed E-state index contributed by atoms with van der Waals surface area (Å²) in [6.07, 6.45) is 3.62. The molecule has 2 aromatic carbocycles. The number of benzene rings is 2. The Morgan fingerprint density at radius 1 is 1.06 bits per heavy atom. The fourth-order valence-electron chi connectivity index (χ4n) is 4.44. The Hall–Kier alpha value is -2.93. The highest BCUT2D eigenvalue weighted by Crippen LogP contribution is 2.47. The number of para-hydroxylation sites is 1. The third kappa shape index (κ3) is 3.64. The minimum absolute atomic E-state index is 0.120. The van der Waals surface area contributed by atoms with Crippen LogP contribution in [0.15, 0.2) is 73.0 Å². The quantitative estimate of drug-likeness (QED) is 0.476. The van der Waals surface area contributed by atoms with Crippen LogP contribution in [0.5, 0.6) is 0 Å². The molecule has 0 bridgehead atoms. The van der Waals surface area contributed by atoms with E-state index < -0.39 is 26.3 Å². The van der Waals surface area contributed by atoms with E-state index in [0.29, 0.717) is 17.5 Å². The van der Waals surface area contributed by atoms with Gasteiger partial charge in [-0.2, -0.15) is 13.2 Å². The second-order valence-electron chi connectivity index (χ2n) is 7.97. The summed E-state index contributed by atoms with van der Waals surface area (Å²) in [4.78, 5) is 4.11. The van der Waals surface area contributed by atoms with Crippen molar-refractivity contribution in [3.63, 3.8) is 0 Å². The molecule has 4 rings (SSSR count). The largest absolute Gasteiger partial charge is 0.418 e. The molecule has 0 spiro atoms. The van der Waals surface area contributed by atoms with Gasteiger partial charge in [0, 0.05) is 24.3 Å². The van der Waals surface area contributed by atoms with Crippen molar-refractivity contribution in [3.8, 4) is 0 Å². The number of hydrogen-bond acceptors (Lipinski definition) is 3. The van der Waals surface area contributed by atoms with E-state index in [1.54, 1.807) is 12.2 Å². The van der Waals surface area contributed by atoms with Gasteiger partial charge in [-0.3, -0.25) is 4.98 Å². The Bertz CT molecular complexity index is 1340. The number of fused-ring (bicyclic) bond motifs is 1. The van der Waals surface area contributed by atoms with Gasteiger partial charge < -0.3 is 0 Å². The van der Waals surface area contributed by atoms with Gasteiger partial charge in [0.2, 0.25) is 0 Å². The van der Waals surface area contributed by atoms with Crippen molar-refractivity contribution in [1.82, 2.24) is 4.98 Å². The minimum Gasteiger partial charge on any atom is -0.255 e. The number of aryl methyl sites for hydroxylation is 1. The highest BCUT2D eigenvalue weighted by molar-refractivity contribution is 7.91. The summed E-state index contributed by atoms with van der Waals surface area (Å²) in [5.41, 5.74) is 1.55. The van der Waals surface area contributed by atoms with E-state index >= 15 is 0 Å². The number of rotatable bonds is 4. The van der Waals surface area contributed by atoms with E-state index in [0.717, 1.165) is 23.5 Å². The van der Waals surface area contributed by atoms with Gasteiger partial charge in [-0.15, -0.1) is 0 Å². The van der Waals surface area contributed by atoms with Gasteiger partial charge in [0.15, 0.2) is 9.84 Å². The summed E-state index contributed by atoms with van der Waals surface area (Å²) in [7, 11) is -3.79. The second kappa shape index (κ2) is 7.89. The zero-order valence-corrected chi connectivity index (χ0v) is 18.5. The van der Waals surface area contributed by atoms with E-state index in [-0.39, 0.29) is 17.3 Å². The molecule has 0 saturated carbocycles. The first kappa shape index (κ1) is 22.3. The molecule has 0 N–H and O–H groups in total. The van der Waals surface area contributed by atoms with Crippen LogP contribution in [-0.4, -0.2) is 19.7 Å². The Labute approximate surface area is 185 Å². The summed E-state index contributed by atoms with van der Waals surface area (Å²) in [6, 6.07) is 13.2. The van der Waals surface area contributed by atoms with Crippen LogP contribution >= 0.6 is 0 Å². The van der Waals surface area contributed by atoms with Crippen LogP contribution in [0.25, 0.3) is 16.5 Å². The number of alkyl halides is 3. The Morgan fingerprint density at radius 3 is 2.41 bits per heavy atom. The highest BCUT2D eigenvalue weighted by atomic mass is 32.2. The maximum absolute atomic E-state index is 13.7. The van der Waals surface area contributed by atoms with E-state index in [1.807, 2.05) is 43.3 Å². The Morgan fingerprint density at radius 2 is 1.78 bits per heavy atom. The van der Waals surface area contributed by atoms with Crippen molar-refractivity contribution in [2.24, 2.45) is 0 Å². The maximum atomic E-state index is 13.7. The molecule has 0 saturated heterocycles. The summed E-state index contributed by atoms with van der Waals surface area (Å²) < 4.78 is 66.3. The van der Waals surface area contributed by atoms with E-state index in [4.69, 9.17) is 0 Å². The van der Waals surface area contributed by atoms with E-state index in [9.17, 15) is 21.6 Å². The molecule has 1 heterocycles. The molecule has 1 atom stereocenters. The highest BCUT2D eigenvalue weighted by Gasteiger charge is 2.45. The molecule has 1 aliphatic carbocycles. The third-order valence-electron chi connectivity index (χ3n) is 6.01. The number of halogens is 3. The fourth-order valence-corrected chi connectivity index (χ4v) is 5.80. The van der Waals surface area contributed by atoms with Crippen LogP contribution < -0.4 is 0 Å². The zero-order chi connectivity index (χ0) is 23.1. The smallest absolute Gasteiger partial charge is 0.255 e. The van der Waals surface area contributed by atoms with Crippen molar-refractivity contribution in [2.75, 3.05) is 6.26 Å². The van der Waals surface area contributed by atoms with Crippen LogP contribution in [0, 0.1) is 0 Å². The van der Waals surface area contributed by atoms with Crippen LogP contribution in [0.2, 0.25) is 0 Å². The molecule has 7 heteroatoms. The van der Waals surface area contributed by atoms with Gasteiger partial charge >= 0.3 is 6.18 Å². The third-order valence-corrected chi connectivity index (χ3v) is 7.82. The molecule has 0 amide bonds. The van der Waals surface area contributed by atoms with Gasteiger partial charge in [0.1, 0.15) is 4.75 Å². The van der Waals surface area contributed by atoms with Gasteiger partial charge in [0.25, 0.3) is 0 Å². The minimum atomic E-state index is -4.60. The average Bonchev–Trinajstić information content (AvgIpc) is 2.77. The molecule has 0 aliphatic heterocycles. The molecular weight excluding hydrogens is 435 g/mol. The summed E-state index contributed by atoms with van der Waals surface area (Å²) in [5, 5.41) is 0.212. The number of pyridine rings is 1. The SMILES string of the molecule is CCc1cnc2c(C(F)(F)F)cccc2c1C1(S(C)(=O)=O)C=CC=C(c2ccccc2)C1. The van der Waals surface area contributed by atoms with E-state index in [1.165, 1.54) is 18.3 Å². The van der Waals surface area contributed by atoms with Gasteiger partial charge in [-0.1, -0.05) is 67.6 Å². The molecule has 0 radical (unpaired) electrons. The molecule has 1 aromatic heterocycles. The van der Waals surface area contributed by atoms with Crippen molar-refractivity contribution < 1.29 is 21.6 Å². The summed E-state index contributed by atoms with van der Waals surface area (Å²) >= 11 is 0. The first-order chi connectivity index (χ1) is 15.1. The van der Waals surface area contributed by atoms with Gasteiger partial charge in [-0.25, -0.2) is 8.42 Å². The number of hydrogen-bond donors (Lipinski definition) is 0. The molecule has 1 unspecified atom stereocenters. The fraction of sp³-hybridized carbons (Fsp3) is 0.240. The van der Waals surface area contributed by atoms with Crippen LogP contribution in [0.3, 0.4) is 0 Å². The predicted octanol–water partition coefficient (Wildman–Crippen LogP) is 6.10. The monoisotopic (exact) mass is 457 g/mol.